The highest BCUT2D eigenvalue weighted by molar-refractivity contribution is 7.89. The summed E-state index contributed by atoms with van der Waals surface area (Å²) in [6.07, 6.45) is 0.863. The maximum absolute atomic E-state index is 12.9. The first kappa shape index (κ1) is 21.5. The maximum Gasteiger partial charge on any atom is 0.324 e. The lowest BCUT2D eigenvalue weighted by Gasteiger charge is -2.25. The predicted molar refractivity (Wildman–Crippen MR) is 103 cm³/mol. The quantitative estimate of drug-likeness (QED) is 0.360. The summed E-state index contributed by atoms with van der Waals surface area (Å²) in [5.74, 6) is -0.640. The summed E-state index contributed by atoms with van der Waals surface area (Å²) in [6, 6.07) is 12.6. The van der Waals surface area contributed by atoms with Gasteiger partial charge in [0, 0.05) is 19.2 Å². The minimum absolute atomic E-state index is 0.0469. The van der Waals surface area contributed by atoms with Gasteiger partial charge < -0.3 is 4.74 Å². The zero-order chi connectivity index (χ0) is 20.7. The molecule has 0 aliphatic carbocycles. The molecule has 1 atom stereocenters. The van der Waals surface area contributed by atoms with Crippen molar-refractivity contribution >= 4 is 21.7 Å². The molecule has 0 amide bonds. The summed E-state index contributed by atoms with van der Waals surface area (Å²) in [5.41, 5.74) is 0.584. The molecule has 2 aromatic carbocycles. The number of carbonyl (C=O) groups is 1. The number of carbonyl (C=O) groups excluding carboxylic acids is 1. The van der Waals surface area contributed by atoms with Crippen molar-refractivity contribution < 1.29 is 22.9 Å². The van der Waals surface area contributed by atoms with Gasteiger partial charge in [-0.2, -0.15) is 4.31 Å². The monoisotopic (exact) mass is 406 g/mol. The second-order valence-electron chi connectivity index (χ2n) is 6.17. The van der Waals surface area contributed by atoms with Gasteiger partial charge >= 0.3 is 5.97 Å². The van der Waals surface area contributed by atoms with Crippen LogP contribution in [-0.4, -0.2) is 36.7 Å². The fraction of sp³-hybridized carbons (Fsp3) is 0.316. The van der Waals surface area contributed by atoms with Crippen molar-refractivity contribution in [3.8, 4) is 0 Å². The van der Waals surface area contributed by atoms with Crippen molar-refractivity contribution in [3.05, 3.63) is 70.3 Å². The summed E-state index contributed by atoms with van der Waals surface area (Å²) in [7, 11) is -2.71. The topological polar surface area (TPSA) is 107 Å². The molecule has 0 radical (unpaired) electrons. The number of sulfonamides is 1. The molecule has 0 unspecified atom stereocenters. The van der Waals surface area contributed by atoms with Crippen LogP contribution in [0.3, 0.4) is 0 Å². The van der Waals surface area contributed by atoms with Gasteiger partial charge in [-0.05, 0) is 24.1 Å². The lowest BCUT2D eigenvalue weighted by atomic mass is 10.2. The van der Waals surface area contributed by atoms with Crippen molar-refractivity contribution in [1.29, 1.82) is 0 Å². The van der Waals surface area contributed by atoms with Crippen LogP contribution in [0.1, 0.15) is 25.3 Å². The Balaban J connectivity index is 2.18. The van der Waals surface area contributed by atoms with Crippen molar-refractivity contribution in [2.24, 2.45) is 0 Å². The summed E-state index contributed by atoms with van der Waals surface area (Å²) in [5, 5.41) is 10.8. The fourth-order valence-electron chi connectivity index (χ4n) is 2.62. The Labute approximate surface area is 163 Å². The molecule has 9 heteroatoms. The van der Waals surface area contributed by atoms with Gasteiger partial charge in [-0.3, -0.25) is 14.9 Å². The molecule has 0 aliphatic rings. The van der Waals surface area contributed by atoms with E-state index in [9.17, 15) is 23.3 Å². The minimum atomic E-state index is -4.02. The number of benzene rings is 2. The largest absolute Gasteiger partial charge is 0.460 e. The van der Waals surface area contributed by atoms with Crippen molar-refractivity contribution in [2.75, 3.05) is 7.05 Å². The van der Waals surface area contributed by atoms with Gasteiger partial charge in [0.25, 0.3) is 5.69 Å². The Kier molecular flexibility index (Phi) is 7.24. The van der Waals surface area contributed by atoms with E-state index in [0.717, 1.165) is 34.1 Å². The van der Waals surface area contributed by atoms with Crippen LogP contribution in [0.5, 0.6) is 0 Å². The Morgan fingerprint density at radius 2 is 1.75 bits per heavy atom. The first-order valence-corrected chi connectivity index (χ1v) is 10.1. The Morgan fingerprint density at radius 1 is 1.14 bits per heavy atom. The van der Waals surface area contributed by atoms with Crippen LogP contribution in [0.15, 0.2) is 59.5 Å². The molecule has 150 valence electrons. The van der Waals surface area contributed by atoms with Gasteiger partial charge in [-0.1, -0.05) is 43.7 Å². The van der Waals surface area contributed by atoms with Crippen LogP contribution in [0.4, 0.5) is 5.69 Å². The maximum atomic E-state index is 12.9. The first-order chi connectivity index (χ1) is 13.3. The standard InChI is InChI=1S/C19H22N2O6S/c1-3-7-18(19(22)27-14-15-8-5-4-6-9-15)20(2)28(25,26)17-12-10-16(11-13-17)21(23)24/h4-6,8-13,18H,3,7,14H2,1-2H3/t18-/m0/s1. The molecule has 2 rings (SSSR count). The van der Waals surface area contributed by atoms with Gasteiger partial charge in [0.15, 0.2) is 0 Å². The Morgan fingerprint density at radius 3 is 2.29 bits per heavy atom. The second-order valence-corrected chi connectivity index (χ2v) is 8.17. The zero-order valence-electron chi connectivity index (χ0n) is 15.6. The van der Waals surface area contributed by atoms with E-state index in [4.69, 9.17) is 4.74 Å². The molecule has 0 heterocycles. The molecule has 0 spiro atoms. The van der Waals surface area contributed by atoms with Crippen molar-refractivity contribution in [3.63, 3.8) is 0 Å². The Hall–Kier alpha value is -2.78. The molecule has 0 aliphatic heterocycles. The highest BCUT2D eigenvalue weighted by atomic mass is 32.2. The normalized spacial score (nSPS) is 12.5. The van der Waals surface area contributed by atoms with E-state index in [1.54, 1.807) is 12.1 Å². The van der Waals surface area contributed by atoms with Crippen molar-refractivity contribution in [2.45, 2.75) is 37.3 Å². The lowest BCUT2D eigenvalue weighted by molar-refractivity contribution is -0.384. The number of likely N-dealkylation sites (N-methyl/N-ethyl adjacent to an activating group) is 1. The van der Waals surface area contributed by atoms with Crippen LogP contribution in [-0.2, 0) is 26.2 Å². The van der Waals surface area contributed by atoms with Gasteiger partial charge in [0.1, 0.15) is 12.6 Å². The molecule has 8 nitrogen and oxygen atoms in total. The number of nitrogens with zero attached hydrogens (tertiary/aromatic N) is 2. The third-order valence-corrected chi connectivity index (χ3v) is 6.10. The summed E-state index contributed by atoms with van der Waals surface area (Å²) in [6.45, 7) is 1.88. The highest BCUT2D eigenvalue weighted by Gasteiger charge is 2.33. The first-order valence-electron chi connectivity index (χ1n) is 8.70. The van der Waals surface area contributed by atoms with E-state index in [1.807, 2.05) is 25.1 Å². The second kappa shape index (κ2) is 9.43. The van der Waals surface area contributed by atoms with E-state index >= 15 is 0 Å². The zero-order valence-corrected chi connectivity index (χ0v) is 16.5. The average molecular weight is 406 g/mol. The molecule has 0 N–H and O–H groups in total. The smallest absolute Gasteiger partial charge is 0.324 e. The van der Waals surface area contributed by atoms with Gasteiger partial charge in [0.2, 0.25) is 10.0 Å². The fourth-order valence-corrected chi connectivity index (χ4v) is 3.96. The lowest BCUT2D eigenvalue weighted by Crippen LogP contribution is -2.43. The number of ether oxygens (including phenoxy) is 1. The van der Waals surface area contributed by atoms with Crippen molar-refractivity contribution in [1.82, 2.24) is 4.31 Å². The molecular weight excluding hydrogens is 384 g/mol. The number of hydrogen-bond donors (Lipinski definition) is 0. The number of nitro benzene ring substituents is 1. The van der Waals surface area contributed by atoms with Gasteiger partial charge in [-0.25, -0.2) is 8.42 Å². The van der Waals surface area contributed by atoms with Crippen LogP contribution in [0.25, 0.3) is 0 Å². The molecule has 28 heavy (non-hydrogen) atoms. The van der Waals surface area contributed by atoms with E-state index in [0.29, 0.717) is 6.42 Å². The predicted octanol–water partition coefficient (Wildman–Crippen LogP) is 3.13. The van der Waals surface area contributed by atoms with Crippen LogP contribution in [0.2, 0.25) is 0 Å². The molecule has 0 saturated heterocycles. The molecule has 0 aromatic heterocycles. The molecule has 0 saturated carbocycles. The number of non-ortho nitro benzene ring substituents is 1. The highest BCUT2D eigenvalue weighted by Crippen LogP contribution is 2.22. The summed E-state index contributed by atoms with van der Waals surface area (Å²) < 4.78 is 32.0. The van der Waals surface area contributed by atoms with E-state index in [1.165, 1.54) is 7.05 Å². The van der Waals surface area contributed by atoms with Crippen LogP contribution in [0, 0.1) is 10.1 Å². The molecule has 0 fully saturated rings. The number of nitro groups is 1. The Bertz CT molecular complexity index is 913. The molecule has 0 bridgehead atoms. The summed E-state index contributed by atoms with van der Waals surface area (Å²) in [4.78, 5) is 22.6. The number of esters is 1. The van der Waals surface area contributed by atoms with Crippen LogP contribution >= 0.6 is 0 Å². The van der Waals surface area contributed by atoms with E-state index < -0.39 is 27.0 Å². The SMILES string of the molecule is CCC[C@@H](C(=O)OCc1ccccc1)N(C)S(=O)(=O)c1ccc([N+](=O)[O-])cc1. The third-order valence-electron chi connectivity index (χ3n) is 4.22. The van der Waals surface area contributed by atoms with Gasteiger partial charge in [-0.15, -0.1) is 0 Å². The van der Waals surface area contributed by atoms with E-state index in [-0.39, 0.29) is 23.6 Å². The van der Waals surface area contributed by atoms with Crippen LogP contribution < -0.4 is 0 Å². The average Bonchev–Trinajstić information content (AvgIpc) is 2.70. The van der Waals surface area contributed by atoms with E-state index in [2.05, 4.69) is 0 Å². The van der Waals surface area contributed by atoms with Gasteiger partial charge in [0.05, 0.1) is 9.82 Å². The third kappa shape index (κ3) is 5.14. The number of hydrogen-bond acceptors (Lipinski definition) is 6. The minimum Gasteiger partial charge on any atom is -0.460 e. The summed E-state index contributed by atoms with van der Waals surface area (Å²) >= 11 is 0. The molecular formula is C19H22N2O6S. The number of rotatable bonds is 9. The molecule has 2 aromatic rings.